The normalized spacial score (nSPS) is 16.5. The van der Waals surface area contributed by atoms with Crippen LogP contribution < -0.4 is 14.4 Å². The number of esters is 1. The van der Waals surface area contributed by atoms with Crippen LogP contribution in [0.25, 0.3) is 0 Å². The number of carbonyl (C=O) groups excluding carboxylic acids is 1. The van der Waals surface area contributed by atoms with E-state index in [1.165, 1.54) is 18.2 Å². The van der Waals surface area contributed by atoms with Crippen molar-refractivity contribution in [2.45, 2.75) is 18.2 Å². The predicted octanol–water partition coefficient (Wildman–Crippen LogP) is 3.44. The van der Waals surface area contributed by atoms with Crippen molar-refractivity contribution in [1.29, 1.82) is 0 Å². The van der Waals surface area contributed by atoms with Crippen LogP contribution in [0.4, 0.5) is 5.69 Å². The zero-order valence-corrected chi connectivity index (χ0v) is 19.3. The molecule has 1 unspecified atom stereocenters. The molecule has 3 rings (SSSR count). The minimum atomic E-state index is -3.72. The van der Waals surface area contributed by atoms with E-state index in [0.29, 0.717) is 16.6 Å². The number of nitrogens with zero attached hydrogens (tertiary/aromatic N) is 1. The van der Waals surface area contributed by atoms with Crippen LogP contribution in [0.5, 0.6) is 5.75 Å². The summed E-state index contributed by atoms with van der Waals surface area (Å²) in [5.74, 6) is 0.504. The Bertz CT molecular complexity index is 1010. The van der Waals surface area contributed by atoms with Gasteiger partial charge in [-0.25, -0.2) is 17.9 Å². The summed E-state index contributed by atoms with van der Waals surface area (Å²) in [5.41, 5.74) is 1.31. The summed E-state index contributed by atoms with van der Waals surface area (Å²) >= 11 is 3.26. The Morgan fingerprint density at radius 1 is 1.27 bits per heavy atom. The van der Waals surface area contributed by atoms with Crippen LogP contribution in [-0.4, -0.2) is 47.7 Å². The molecule has 1 aliphatic heterocycles. The third-order valence-corrected chi connectivity index (χ3v) is 7.41. The Morgan fingerprint density at radius 3 is 2.73 bits per heavy atom. The minimum Gasteiger partial charge on any atom is -0.495 e. The van der Waals surface area contributed by atoms with Gasteiger partial charge in [0.2, 0.25) is 10.0 Å². The summed E-state index contributed by atoms with van der Waals surface area (Å²) in [6, 6.07) is 12.1. The number of nitrogens with one attached hydrogen (secondary N) is 1. The first kappa shape index (κ1) is 22.6. The second-order valence-corrected chi connectivity index (χ2v) is 9.58. The van der Waals surface area contributed by atoms with E-state index >= 15 is 0 Å². The molecule has 1 saturated heterocycles. The fourth-order valence-corrected chi connectivity index (χ4v) is 5.67. The molecule has 0 aliphatic carbocycles. The van der Waals surface area contributed by atoms with Crippen LogP contribution in [0.2, 0.25) is 0 Å². The van der Waals surface area contributed by atoms with Crippen molar-refractivity contribution in [3.05, 3.63) is 52.5 Å². The van der Waals surface area contributed by atoms with Gasteiger partial charge in [-0.05, 0) is 65.5 Å². The molecule has 0 radical (unpaired) electrons. The van der Waals surface area contributed by atoms with Gasteiger partial charge in [0.25, 0.3) is 0 Å². The van der Waals surface area contributed by atoms with Gasteiger partial charge in [-0.15, -0.1) is 0 Å². The number of carbonyl (C=O) groups is 1. The monoisotopic (exact) mass is 496 g/mol. The maximum Gasteiger partial charge on any atom is 0.338 e. The van der Waals surface area contributed by atoms with Gasteiger partial charge in [-0.1, -0.05) is 12.1 Å². The molecule has 0 bridgehead atoms. The smallest absolute Gasteiger partial charge is 0.338 e. The lowest BCUT2D eigenvalue weighted by atomic mass is 10.1. The molecule has 1 atom stereocenters. The highest BCUT2D eigenvalue weighted by molar-refractivity contribution is 9.10. The van der Waals surface area contributed by atoms with Crippen molar-refractivity contribution in [1.82, 2.24) is 4.72 Å². The SMILES string of the molecule is CCOC(=O)c1ccc(S(=O)(=O)NCC2CCN(c3ccccc3OC)C2)c(Br)c1. The van der Waals surface area contributed by atoms with Gasteiger partial charge in [-0.2, -0.15) is 0 Å². The van der Waals surface area contributed by atoms with Crippen LogP contribution in [0.3, 0.4) is 0 Å². The van der Waals surface area contributed by atoms with Crippen LogP contribution in [0.15, 0.2) is 51.8 Å². The van der Waals surface area contributed by atoms with Crippen molar-refractivity contribution < 1.29 is 22.7 Å². The number of benzene rings is 2. The van der Waals surface area contributed by atoms with Crippen LogP contribution >= 0.6 is 15.9 Å². The lowest BCUT2D eigenvalue weighted by Gasteiger charge is -2.21. The van der Waals surface area contributed by atoms with Gasteiger partial charge in [0.05, 0.1) is 29.9 Å². The van der Waals surface area contributed by atoms with Crippen molar-refractivity contribution in [2.75, 3.05) is 38.3 Å². The van der Waals surface area contributed by atoms with E-state index in [0.717, 1.165) is 30.9 Å². The third kappa shape index (κ3) is 5.14. The van der Waals surface area contributed by atoms with Crippen molar-refractivity contribution in [3.63, 3.8) is 0 Å². The molecule has 1 heterocycles. The fourth-order valence-electron chi connectivity index (χ4n) is 3.47. The van der Waals surface area contributed by atoms with Crippen LogP contribution in [0, 0.1) is 5.92 Å². The summed E-state index contributed by atoms with van der Waals surface area (Å²) in [6.07, 6.45) is 0.879. The quantitative estimate of drug-likeness (QED) is 0.563. The van der Waals surface area contributed by atoms with E-state index in [-0.39, 0.29) is 17.4 Å². The number of halogens is 1. The largest absolute Gasteiger partial charge is 0.495 e. The van der Waals surface area contributed by atoms with Gasteiger partial charge in [-0.3, -0.25) is 0 Å². The molecule has 162 valence electrons. The number of hydrogen-bond donors (Lipinski definition) is 1. The maximum atomic E-state index is 12.8. The van der Waals surface area contributed by atoms with E-state index in [9.17, 15) is 13.2 Å². The Balaban J connectivity index is 1.64. The zero-order valence-electron chi connectivity index (χ0n) is 16.9. The number of anilines is 1. The number of hydrogen-bond acceptors (Lipinski definition) is 6. The van der Waals surface area contributed by atoms with Crippen molar-refractivity contribution >= 4 is 37.6 Å². The molecule has 0 aromatic heterocycles. The lowest BCUT2D eigenvalue weighted by molar-refractivity contribution is 0.0526. The molecule has 1 aliphatic rings. The zero-order chi connectivity index (χ0) is 21.7. The van der Waals surface area contributed by atoms with E-state index in [1.807, 2.05) is 24.3 Å². The van der Waals surface area contributed by atoms with Gasteiger partial charge in [0.15, 0.2) is 0 Å². The number of rotatable bonds is 8. The fraction of sp³-hybridized carbons (Fsp3) is 0.381. The molecular formula is C21H25BrN2O5S. The molecule has 7 nitrogen and oxygen atoms in total. The average Bonchev–Trinajstić information content (AvgIpc) is 3.21. The molecule has 0 spiro atoms. The second-order valence-electron chi connectivity index (χ2n) is 6.99. The highest BCUT2D eigenvalue weighted by Gasteiger charge is 2.27. The van der Waals surface area contributed by atoms with Crippen LogP contribution in [0.1, 0.15) is 23.7 Å². The van der Waals surface area contributed by atoms with E-state index in [4.69, 9.17) is 9.47 Å². The Labute approximate surface area is 185 Å². The molecule has 2 aromatic carbocycles. The topological polar surface area (TPSA) is 84.9 Å². The highest BCUT2D eigenvalue weighted by atomic mass is 79.9. The van der Waals surface area contributed by atoms with Gasteiger partial charge >= 0.3 is 5.97 Å². The Kier molecular flexibility index (Phi) is 7.38. The number of sulfonamides is 1. The third-order valence-electron chi connectivity index (χ3n) is 5.01. The first-order valence-electron chi connectivity index (χ1n) is 9.70. The standard InChI is InChI=1S/C21H25BrN2O5S/c1-3-29-21(25)16-8-9-20(17(22)12-16)30(26,27)23-13-15-10-11-24(14-15)18-6-4-5-7-19(18)28-2/h4-9,12,15,23H,3,10-11,13-14H2,1-2H3. The molecular weight excluding hydrogens is 472 g/mol. The summed E-state index contributed by atoms with van der Waals surface area (Å²) in [5, 5.41) is 0. The van der Waals surface area contributed by atoms with E-state index in [1.54, 1.807) is 14.0 Å². The maximum absolute atomic E-state index is 12.8. The highest BCUT2D eigenvalue weighted by Crippen LogP contribution is 2.32. The minimum absolute atomic E-state index is 0.0927. The van der Waals surface area contributed by atoms with Crippen molar-refractivity contribution in [3.8, 4) is 5.75 Å². The molecule has 0 amide bonds. The first-order chi connectivity index (χ1) is 14.4. The van der Waals surface area contributed by atoms with Gasteiger partial charge < -0.3 is 14.4 Å². The molecule has 30 heavy (non-hydrogen) atoms. The summed E-state index contributed by atoms with van der Waals surface area (Å²) in [6.45, 7) is 3.88. The lowest BCUT2D eigenvalue weighted by Crippen LogP contribution is -2.31. The summed E-state index contributed by atoms with van der Waals surface area (Å²) < 4.78 is 39.0. The van der Waals surface area contributed by atoms with E-state index < -0.39 is 16.0 Å². The first-order valence-corrected chi connectivity index (χ1v) is 12.0. The molecule has 2 aromatic rings. The average molecular weight is 497 g/mol. The van der Waals surface area contributed by atoms with Crippen molar-refractivity contribution in [2.24, 2.45) is 5.92 Å². The van der Waals surface area contributed by atoms with Gasteiger partial charge in [0.1, 0.15) is 5.75 Å². The molecule has 1 N–H and O–H groups in total. The summed E-state index contributed by atoms with van der Waals surface area (Å²) in [4.78, 5) is 14.1. The number of methoxy groups -OCH3 is 1. The van der Waals surface area contributed by atoms with Crippen LogP contribution in [-0.2, 0) is 14.8 Å². The molecule has 0 saturated carbocycles. The van der Waals surface area contributed by atoms with Gasteiger partial charge in [0, 0.05) is 24.1 Å². The predicted molar refractivity (Wildman–Crippen MR) is 119 cm³/mol. The Morgan fingerprint density at radius 2 is 2.03 bits per heavy atom. The Hall–Kier alpha value is -2.10. The number of ether oxygens (including phenoxy) is 2. The van der Waals surface area contributed by atoms with E-state index in [2.05, 4.69) is 25.6 Å². The second kappa shape index (κ2) is 9.80. The number of para-hydroxylation sites is 2. The molecule has 1 fully saturated rings. The molecule has 9 heteroatoms. The summed E-state index contributed by atoms with van der Waals surface area (Å²) in [7, 11) is -2.08.